The number of carbonyl (C=O) groups excluding carboxylic acids is 2. The highest BCUT2D eigenvalue weighted by atomic mass is 16.5. The van der Waals surface area contributed by atoms with E-state index < -0.39 is 5.91 Å². The lowest BCUT2D eigenvalue weighted by Gasteiger charge is -2.08. The first-order valence-corrected chi connectivity index (χ1v) is 6.40. The highest BCUT2D eigenvalue weighted by Gasteiger charge is 2.34. The van der Waals surface area contributed by atoms with Gasteiger partial charge in [0.05, 0.1) is 17.9 Å². The molecule has 0 radical (unpaired) electrons. The number of nitrogens with one attached hydrogen (secondary N) is 1. The Hall–Kier alpha value is -2.65. The minimum atomic E-state index is -0.567. The lowest BCUT2D eigenvalue weighted by atomic mass is 10.0. The van der Waals surface area contributed by atoms with E-state index >= 15 is 0 Å². The van der Waals surface area contributed by atoms with Gasteiger partial charge in [0.2, 0.25) is 0 Å². The molecule has 1 aromatic carbocycles. The number of nitrogens with zero attached hydrogens (tertiary/aromatic N) is 2. The van der Waals surface area contributed by atoms with E-state index in [2.05, 4.69) is 5.32 Å². The lowest BCUT2D eigenvalue weighted by molar-refractivity contribution is -0.118. The Kier molecular flexibility index (Phi) is 4.36. The standard InChI is InChI=1S/C15H15N3O3/c1-18-12-6-4-3-5-10(12)13(15(18)20)11(9-16)14(19)17-7-8-21-2/h3-6H,7-8H2,1-2H3,(H,17,19). The zero-order chi connectivity index (χ0) is 15.4. The second-order valence-corrected chi connectivity index (χ2v) is 4.49. The summed E-state index contributed by atoms with van der Waals surface area (Å²) in [4.78, 5) is 25.8. The van der Waals surface area contributed by atoms with Gasteiger partial charge in [0.15, 0.2) is 0 Å². The number of hydrogen-bond acceptors (Lipinski definition) is 4. The van der Waals surface area contributed by atoms with E-state index in [0.29, 0.717) is 17.9 Å². The van der Waals surface area contributed by atoms with E-state index in [-0.39, 0.29) is 23.6 Å². The highest BCUT2D eigenvalue weighted by Crippen LogP contribution is 2.37. The van der Waals surface area contributed by atoms with Crippen LogP contribution in [0, 0.1) is 11.3 Å². The van der Waals surface area contributed by atoms with Crippen LogP contribution in [0.15, 0.2) is 29.8 Å². The van der Waals surface area contributed by atoms with Gasteiger partial charge in [0, 0.05) is 26.3 Å². The summed E-state index contributed by atoms with van der Waals surface area (Å²) >= 11 is 0. The fourth-order valence-electron chi connectivity index (χ4n) is 2.19. The summed E-state index contributed by atoms with van der Waals surface area (Å²) in [6.45, 7) is 0.615. The third kappa shape index (κ3) is 2.64. The van der Waals surface area contributed by atoms with Crippen molar-refractivity contribution in [1.29, 1.82) is 5.26 Å². The number of methoxy groups -OCH3 is 1. The van der Waals surface area contributed by atoms with E-state index in [0.717, 1.165) is 0 Å². The lowest BCUT2D eigenvalue weighted by Crippen LogP contribution is -2.30. The number of para-hydroxylation sites is 1. The summed E-state index contributed by atoms with van der Waals surface area (Å²) in [7, 11) is 3.13. The SMILES string of the molecule is COCCNC(=O)C(C#N)=C1C(=O)N(C)c2ccccc21. The Balaban J connectivity index is 2.43. The number of carbonyl (C=O) groups is 2. The van der Waals surface area contributed by atoms with Crippen molar-refractivity contribution in [1.82, 2.24) is 5.32 Å². The first-order valence-electron chi connectivity index (χ1n) is 6.40. The van der Waals surface area contributed by atoms with E-state index in [1.807, 2.05) is 6.07 Å². The van der Waals surface area contributed by atoms with Gasteiger partial charge in [-0.15, -0.1) is 0 Å². The Morgan fingerprint density at radius 2 is 2.14 bits per heavy atom. The average Bonchev–Trinajstić information content (AvgIpc) is 2.74. The molecule has 1 aliphatic heterocycles. The van der Waals surface area contributed by atoms with Crippen LogP contribution in [0.1, 0.15) is 5.56 Å². The second kappa shape index (κ2) is 6.20. The van der Waals surface area contributed by atoms with Crippen LogP contribution in [0.4, 0.5) is 5.69 Å². The smallest absolute Gasteiger partial charge is 0.262 e. The van der Waals surface area contributed by atoms with Crippen LogP contribution in [0.3, 0.4) is 0 Å². The Labute approximate surface area is 122 Å². The Morgan fingerprint density at radius 1 is 1.43 bits per heavy atom. The number of hydrogen-bond donors (Lipinski definition) is 1. The van der Waals surface area contributed by atoms with Gasteiger partial charge in [-0.05, 0) is 6.07 Å². The molecule has 1 N–H and O–H groups in total. The maximum absolute atomic E-state index is 12.3. The Morgan fingerprint density at radius 3 is 2.81 bits per heavy atom. The molecule has 0 bridgehead atoms. The predicted molar refractivity (Wildman–Crippen MR) is 77.3 cm³/mol. The largest absolute Gasteiger partial charge is 0.383 e. The molecule has 1 heterocycles. The first-order chi connectivity index (χ1) is 10.1. The van der Waals surface area contributed by atoms with Crippen molar-refractivity contribution in [3.8, 4) is 6.07 Å². The number of fused-ring (bicyclic) bond motifs is 1. The van der Waals surface area contributed by atoms with Gasteiger partial charge in [0.1, 0.15) is 11.6 Å². The molecule has 21 heavy (non-hydrogen) atoms. The van der Waals surface area contributed by atoms with Crippen LogP contribution in [0.2, 0.25) is 0 Å². The average molecular weight is 285 g/mol. The zero-order valence-corrected chi connectivity index (χ0v) is 11.8. The molecule has 0 fully saturated rings. The van der Waals surface area contributed by atoms with Crippen molar-refractivity contribution in [2.45, 2.75) is 0 Å². The van der Waals surface area contributed by atoms with E-state index in [1.165, 1.54) is 12.0 Å². The molecular weight excluding hydrogens is 270 g/mol. The van der Waals surface area contributed by atoms with Gasteiger partial charge in [-0.1, -0.05) is 18.2 Å². The molecule has 0 saturated carbocycles. The Bertz CT molecular complexity index is 658. The molecule has 0 unspecified atom stereocenters. The van der Waals surface area contributed by atoms with Gasteiger partial charge in [-0.2, -0.15) is 5.26 Å². The van der Waals surface area contributed by atoms with Crippen LogP contribution < -0.4 is 10.2 Å². The summed E-state index contributed by atoms with van der Waals surface area (Å²) in [5.74, 6) is -0.919. The van der Waals surface area contributed by atoms with Crippen molar-refractivity contribution in [2.24, 2.45) is 0 Å². The molecule has 6 heteroatoms. The zero-order valence-electron chi connectivity index (χ0n) is 11.8. The quantitative estimate of drug-likeness (QED) is 0.501. The number of rotatable bonds is 4. The molecule has 0 spiro atoms. The van der Waals surface area contributed by atoms with Crippen LogP contribution in [0.5, 0.6) is 0 Å². The molecule has 6 nitrogen and oxygen atoms in total. The van der Waals surface area contributed by atoms with Gasteiger partial charge >= 0.3 is 0 Å². The van der Waals surface area contributed by atoms with Crippen molar-refractivity contribution in [2.75, 3.05) is 32.2 Å². The topological polar surface area (TPSA) is 82.4 Å². The van der Waals surface area contributed by atoms with Gasteiger partial charge < -0.3 is 15.0 Å². The molecule has 1 aliphatic rings. The van der Waals surface area contributed by atoms with E-state index in [4.69, 9.17) is 4.74 Å². The molecule has 0 saturated heterocycles. The summed E-state index contributed by atoms with van der Waals surface area (Å²) < 4.78 is 4.84. The number of amides is 2. The predicted octanol–water partition coefficient (Wildman–Crippen LogP) is 0.703. The first kappa shape index (κ1) is 14.8. The van der Waals surface area contributed by atoms with Crippen LogP contribution in [-0.4, -0.2) is 39.1 Å². The molecule has 0 aliphatic carbocycles. The van der Waals surface area contributed by atoms with Crippen molar-refractivity contribution in [3.05, 3.63) is 35.4 Å². The summed E-state index contributed by atoms with van der Waals surface area (Å²) in [6.07, 6.45) is 0. The fourth-order valence-corrected chi connectivity index (χ4v) is 2.19. The van der Waals surface area contributed by atoms with Gasteiger partial charge in [0.25, 0.3) is 11.8 Å². The molecular formula is C15H15N3O3. The maximum Gasteiger partial charge on any atom is 0.262 e. The molecule has 2 amide bonds. The minimum absolute atomic E-state index is 0.144. The van der Waals surface area contributed by atoms with Gasteiger partial charge in [-0.3, -0.25) is 9.59 Å². The number of likely N-dealkylation sites (N-methyl/N-ethyl adjacent to an activating group) is 1. The molecule has 2 rings (SSSR count). The summed E-state index contributed by atoms with van der Waals surface area (Å²) in [5.41, 5.74) is 1.26. The van der Waals surface area contributed by atoms with E-state index in [1.54, 1.807) is 31.3 Å². The van der Waals surface area contributed by atoms with Crippen LogP contribution in [-0.2, 0) is 14.3 Å². The van der Waals surface area contributed by atoms with Crippen LogP contribution >= 0.6 is 0 Å². The molecule has 108 valence electrons. The molecule has 0 aromatic heterocycles. The normalized spacial score (nSPS) is 15.5. The van der Waals surface area contributed by atoms with Crippen LogP contribution in [0.25, 0.3) is 5.57 Å². The number of ether oxygens (including phenoxy) is 1. The third-order valence-corrected chi connectivity index (χ3v) is 3.23. The monoisotopic (exact) mass is 285 g/mol. The minimum Gasteiger partial charge on any atom is -0.383 e. The van der Waals surface area contributed by atoms with Crippen molar-refractivity contribution >= 4 is 23.1 Å². The van der Waals surface area contributed by atoms with E-state index in [9.17, 15) is 14.9 Å². The molecule has 0 atom stereocenters. The van der Waals surface area contributed by atoms with Gasteiger partial charge in [-0.25, -0.2) is 0 Å². The summed E-state index contributed by atoms with van der Waals surface area (Å²) in [6, 6.07) is 8.91. The summed E-state index contributed by atoms with van der Waals surface area (Å²) in [5, 5.41) is 11.8. The highest BCUT2D eigenvalue weighted by molar-refractivity contribution is 6.36. The molecule has 1 aromatic rings. The van der Waals surface area contributed by atoms with Crippen molar-refractivity contribution < 1.29 is 14.3 Å². The number of benzene rings is 1. The number of nitriles is 1. The maximum atomic E-state index is 12.3. The third-order valence-electron chi connectivity index (χ3n) is 3.23. The second-order valence-electron chi connectivity index (χ2n) is 4.49. The fraction of sp³-hybridized carbons (Fsp3) is 0.267. The number of anilines is 1. The van der Waals surface area contributed by atoms with Crippen molar-refractivity contribution in [3.63, 3.8) is 0 Å².